The number of ether oxygens (including phenoxy) is 1. The van der Waals surface area contributed by atoms with Gasteiger partial charge in [-0.25, -0.2) is 13.1 Å². The van der Waals surface area contributed by atoms with E-state index >= 15 is 0 Å². The number of nitrogens with one attached hydrogen (secondary N) is 1. The van der Waals surface area contributed by atoms with Crippen molar-refractivity contribution in [1.29, 1.82) is 0 Å². The van der Waals surface area contributed by atoms with Crippen molar-refractivity contribution in [3.63, 3.8) is 0 Å². The average Bonchev–Trinajstić information content (AvgIpc) is 3.38. The number of sulfonamides is 1. The number of carbonyl (C=O) groups excluding carboxylic acids is 1. The summed E-state index contributed by atoms with van der Waals surface area (Å²) in [6, 6.07) is 9.00. The molecule has 144 valence electrons. The van der Waals surface area contributed by atoms with Crippen molar-refractivity contribution >= 4 is 27.3 Å². The Morgan fingerprint density at radius 2 is 2.19 bits per heavy atom. The minimum atomic E-state index is -3.59. The number of amides is 1. The number of hydrogen-bond acceptors (Lipinski definition) is 5. The van der Waals surface area contributed by atoms with Gasteiger partial charge in [0, 0.05) is 31.1 Å². The molecular weight excluding hydrogens is 384 g/mol. The Kier molecular flexibility index (Phi) is 5.32. The summed E-state index contributed by atoms with van der Waals surface area (Å²) in [5, 5.41) is 1.92. The predicted molar refractivity (Wildman–Crippen MR) is 103 cm³/mol. The van der Waals surface area contributed by atoms with Crippen molar-refractivity contribution in [2.75, 3.05) is 13.2 Å². The van der Waals surface area contributed by atoms with Gasteiger partial charge in [0.05, 0.1) is 4.90 Å². The summed E-state index contributed by atoms with van der Waals surface area (Å²) in [5.74, 6) is 0.0160. The normalized spacial score (nSPS) is 19.9. The van der Waals surface area contributed by atoms with E-state index in [0.29, 0.717) is 19.7 Å². The zero-order chi connectivity index (χ0) is 18.9. The number of hydrogen-bond donors (Lipinski definition) is 1. The van der Waals surface area contributed by atoms with Crippen molar-refractivity contribution in [2.24, 2.45) is 0 Å². The fourth-order valence-electron chi connectivity index (χ4n) is 3.53. The highest BCUT2D eigenvalue weighted by Gasteiger charge is 2.30. The molecule has 1 amide bonds. The van der Waals surface area contributed by atoms with Crippen LogP contribution in [-0.4, -0.2) is 38.5 Å². The first-order chi connectivity index (χ1) is 13.0. The van der Waals surface area contributed by atoms with Crippen molar-refractivity contribution in [3.8, 4) is 0 Å². The molecule has 27 heavy (non-hydrogen) atoms. The van der Waals surface area contributed by atoms with Crippen LogP contribution in [0.5, 0.6) is 0 Å². The standard InChI is InChI=1S/C19H22N2O4S2/c22-19(18-4-1-9-25-18)21-8-7-14-5-6-17(11-15(14)13-21)27(23,24)20-12-16-3-2-10-26-16/h2-3,5-6,10-11,18,20H,1,4,7-9,12-13H2. The van der Waals surface area contributed by atoms with Gasteiger partial charge in [0.2, 0.25) is 10.0 Å². The molecule has 2 aliphatic rings. The van der Waals surface area contributed by atoms with E-state index in [-0.39, 0.29) is 23.5 Å². The topological polar surface area (TPSA) is 75.7 Å². The zero-order valence-corrected chi connectivity index (χ0v) is 16.5. The average molecular weight is 407 g/mol. The fourth-order valence-corrected chi connectivity index (χ4v) is 5.32. The molecule has 1 fully saturated rings. The lowest BCUT2D eigenvalue weighted by Crippen LogP contribution is -2.42. The lowest BCUT2D eigenvalue weighted by Gasteiger charge is -2.30. The van der Waals surface area contributed by atoms with E-state index in [9.17, 15) is 13.2 Å². The number of fused-ring (bicyclic) bond motifs is 1. The van der Waals surface area contributed by atoms with Crippen molar-refractivity contribution in [2.45, 2.75) is 43.4 Å². The molecule has 0 saturated carbocycles. The Hall–Kier alpha value is -1.74. The minimum absolute atomic E-state index is 0.0160. The molecule has 1 unspecified atom stereocenters. The Morgan fingerprint density at radius 1 is 1.30 bits per heavy atom. The van der Waals surface area contributed by atoms with E-state index in [1.54, 1.807) is 17.0 Å². The van der Waals surface area contributed by atoms with Crippen LogP contribution in [0.3, 0.4) is 0 Å². The molecule has 1 N–H and O–H groups in total. The predicted octanol–water partition coefficient (Wildman–Crippen LogP) is 2.29. The third-order valence-electron chi connectivity index (χ3n) is 5.03. The van der Waals surface area contributed by atoms with Crippen LogP contribution in [0.2, 0.25) is 0 Å². The summed E-state index contributed by atoms with van der Waals surface area (Å²) in [6.07, 6.45) is 2.07. The quantitative estimate of drug-likeness (QED) is 0.827. The molecule has 0 bridgehead atoms. The minimum Gasteiger partial charge on any atom is -0.368 e. The summed E-state index contributed by atoms with van der Waals surface area (Å²) in [4.78, 5) is 15.6. The molecule has 1 aromatic heterocycles. The van der Waals surface area contributed by atoms with E-state index in [4.69, 9.17) is 4.74 Å². The first-order valence-electron chi connectivity index (χ1n) is 9.07. The monoisotopic (exact) mass is 406 g/mol. The molecule has 1 aromatic carbocycles. The third-order valence-corrected chi connectivity index (χ3v) is 7.31. The number of thiophene rings is 1. The summed E-state index contributed by atoms with van der Waals surface area (Å²) in [6.45, 7) is 2.00. The van der Waals surface area contributed by atoms with E-state index in [2.05, 4.69) is 4.72 Å². The molecule has 2 aliphatic heterocycles. The van der Waals surface area contributed by atoms with E-state index in [0.717, 1.165) is 35.3 Å². The number of benzene rings is 1. The van der Waals surface area contributed by atoms with Crippen LogP contribution in [0.15, 0.2) is 40.6 Å². The highest BCUT2D eigenvalue weighted by molar-refractivity contribution is 7.89. The first kappa shape index (κ1) is 18.6. The summed E-state index contributed by atoms with van der Waals surface area (Å²) in [7, 11) is -3.59. The largest absolute Gasteiger partial charge is 0.368 e. The van der Waals surface area contributed by atoms with Crippen molar-refractivity contribution < 1.29 is 17.9 Å². The molecule has 0 spiro atoms. The van der Waals surface area contributed by atoms with Gasteiger partial charge in [-0.15, -0.1) is 11.3 Å². The second-order valence-corrected chi connectivity index (χ2v) is 9.65. The van der Waals surface area contributed by atoms with Crippen LogP contribution in [-0.2, 0) is 39.1 Å². The molecule has 4 rings (SSSR count). The maximum absolute atomic E-state index is 12.6. The van der Waals surface area contributed by atoms with Gasteiger partial charge in [-0.05, 0) is 54.0 Å². The molecule has 0 radical (unpaired) electrons. The van der Waals surface area contributed by atoms with E-state index in [1.165, 1.54) is 11.3 Å². The van der Waals surface area contributed by atoms with Crippen LogP contribution in [0, 0.1) is 0 Å². The lowest BCUT2D eigenvalue weighted by molar-refractivity contribution is -0.141. The van der Waals surface area contributed by atoms with Crippen molar-refractivity contribution in [1.82, 2.24) is 9.62 Å². The molecule has 3 heterocycles. The number of nitrogens with zero attached hydrogens (tertiary/aromatic N) is 1. The highest BCUT2D eigenvalue weighted by atomic mass is 32.2. The summed E-state index contributed by atoms with van der Waals surface area (Å²) in [5.41, 5.74) is 2.00. The molecular formula is C19H22N2O4S2. The van der Waals surface area contributed by atoms with Crippen LogP contribution in [0.1, 0.15) is 28.8 Å². The number of rotatable bonds is 5. The summed E-state index contributed by atoms with van der Waals surface area (Å²) < 4.78 is 33.4. The Labute approximate surface area is 163 Å². The highest BCUT2D eigenvalue weighted by Crippen LogP contribution is 2.25. The second-order valence-electron chi connectivity index (χ2n) is 6.85. The van der Waals surface area contributed by atoms with Gasteiger partial charge in [-0.2, -0.15) is 0 Å². The first-order valence-corrected chi connectivity index (χ1v) is 11.4. The van der Waals surface area contributed by atoms with Crippen molar-refractivity contribution in [3.05, 3.63) is 51.7 Å². The Balaban J connectivity index is 1.49. The summed E-state index contributed by atoms with van der Waals surface area (Å²) >= 11 is 1.51. The Morgan fingerprint density at radius 3 is 2.93 bits per heavy atom. The van der Waals surface area contributed by atoms with E-state index < -0.39 is 10.0 Å². The molecule has 6 nitrogen and oxygen atoms in total. The van der Waals surface area contributed by atoms with Gasteiger partial charge in [0.1, 0.15) is 6.10 Å². The van der Waals surface area contributed by atoms with E-state index in [1.807, 2.05) is 23.6 Å². The molecule has 0 aliphatic carbocycles. The maximum Gasteiger partial charge on any atom is 0.252 e. The van der Waals surface area contributed by atoms with Gasteiger partial charge < -0.3 is 9.64 Å². The van der Waals surface area contributed by atoms with Gasteiger partial charge in [0.15, 0.2) is 0 Å². The van der Waals surface area contributed by atoms with Gasteiger partial charge in [-0.1, -0.05) is 12.1 Å². The smallest absolute Gasteiger partial charge is 0.252 e. The van der Waals surface area contributed by atoms with Gasteiger partial charge in [-0.3, -0.25) is 4.79 Å². The molecule has 2 aromatic rings. The maximum atomic E-state index is 12.6. The molecule has 1 atom stereocenters. The van der Waals surface area contributed by atoms with Crippen LogP contribution in [0.4, 0.5) is 0 Å². The SMILES string of the molecule is O=C(C1CCCO1)N1CCc2ccc(S(=O)(=O)NCc3cccs3)cc2C1. The van der Waals surface area contributed by atoms with Gasteiger partial charge in [0.25, 0.3) is 5.91 Å². The molecule has 8 heteroatoms. The Bertz CT molecular complexity index is 919. The van der Waals surface area contributed by atoms with Gasteiger partial charge >= 0.3 is 0 Å². The fraction of sp³-hybridized carbons (Fsp3) is 0.421. The second kappa shape index (κ2) is 7.71. The zero-order valence-electron chi connectivity index (χ0n) is 14.9. The number of carbonyl (C=O) groups is 1. The van der Waals surface area contributed by atoms with Crippen LogP contribution < -0.4 is 4.72 Å². The lowest BCUT2D eigenvalue weighted by atomic mass is 9.99. The van der Waals surface area contributed by atoms with Crippen LogP contribution in [0.25, 0.3) is 0 Å². The third kappa shape index (κ3) is 4.08. The molecule has 1 saturated heterocycles. The van der Waals surface area contributed by atoms with Crippen LogP contribution >= 0.6 is 11.3 Å².